The maximum atomic E-state index is 13.4. The molecule has 0 saturated carbocycles. The number of aromatic nitrogens is 1. The van der Waals surface area contributed by atoms with Gasteiger partial charge in [-0.05, 0) is 60.1 Å². The lowest BCUT2D eigenvalue weighted by Crippen LogP contribution is -2.39. The SMILES string of the molecule is CC1CC(C)CN(CCc2c(-c3cc(C(F)(F)F)cc(C(F)(F)F)c3)[nH]c3ccccc23)C1. The Bertz CT molecular complexity index is 1090. The van der Waals surface area contributed by atoms with Crippen LogP contribution in [0.2, 0.25) is 0 Å². The van der Waals surface area contributed by atoms with Gasteiger partial charge in [0.15, 0.2) is 0 Å². The molecule has 1 aromatic heterocycles. The van der Waals surface area contributed by atoms with Crippen LogP contribution in [-0.4, -0.2) is 29.5 Å². The van der Waals surface area contributed by atoms with E-state index in [0.717, 1.165) is 42.6 Å². The van der Waals surface area contributed by atoms with E-state index < -0.39 is 23.5 Å². The zero-order chi connectivity index (χ0) is 24.0. The molecule has 3 aromatic rings. The van der Waals surface area contributed by atoms with Gasteiger partial charge in [0, 0.05) is 36.2 Å². The van der Waals surface area contributed by atoms with Crippen molar-refractivity contribution < 1.29 is 26.3 Å². The van der Waals surface area contributed by atoms with Crippen LogP contribution in [0.3, 0.4) is 0 Å². The molecular weight excluding hydrogens is 442 g/mol. The van der Waals surface area contributed by atoms with Crippen LogP contribution in [0.1, 0.15) is 37.0 Å². The molecule has 1 fully saturated rings. The minimum absolute atomic E-state index is 0.108. The first-order valence-electron chi connectivity index (χ1n) is 11.0. The van der Waals surface area contributed by atoms with Crippen LogP contribution in [0, 0.1) is 11.8 Å². The third-order valence-corrected chi connectivity index (χ3v) is 6.31. The number of benzene rings is 2. The maximum Gasteiger partial charge on any atom is 0.416 e. The molecule has 0 bridgehead atoms. The second-order valence-electron chi connectivity index (χ2n) is 9.27. The van der Waals surface area contributed by atoms with Crippen molar-refractivity contribution in [2.24, 2.45) is 11.8 Å². The molecule has 2 atom stereocenters. The van der Waals surface area contributed by atoms with E-state index in [1.807, 2.05) is 12.1 Å². The van der Waals surface area contributed by atoms with Crippen LogP contribution in [0.15, 0.2) is 42.5 Å². The number of hydrogen-bond donors (Lipinski definition) is 1. The summed E-state index contributed by atoms with van der Waals surface area (Å²) in [5.74, 6) is 1.10. The number of halogens is 6. The van der Waals surface area contributed by atoms with E-state index in [9.17, 15) is 26.3 Å². The Balaban J connectivity index is 1.78. The van der Waals surface area contributed by atoms with E-state index in [-0.39, 0.29) is 11.6 Å². The van der Waals surface area contributed by atoms with Gasteiger partial charge in [0.25, 0.3) is 0 Å². The molecule has 2 heterocycles. The summed E-state index contributed by atoms with van der Waals surface area (Å²) < 4.78 is 80.6. The van der Waals surface area contributed by atoms with E-state index in [2.05, 4.69) is 23.7 Å². The van der Waals surface area contributed by atoms with Crippen molar-refractivity contribution in [3.63, 3.8) is 0 Å². The summed E-state index contributed by atoms with van der Waals surface area (Å²) in [4.78, 5) is 5.42. The first-order chi connectivity index (χ1) is 15.4. The van der Waals surface area contributed by atoms with Crippen molar-refractivity contribution in [3.8, 4) is 11.3 Å². The lowest BCUT2D eigenvalue weighted by atomic mass is 9.91. The van der Waals surface area contributed by atoms with Crippen LogP contribution >= 0.6 is 0 Å². The number of fused-ring (bicyclic) bond motifs is 1. The van der Waals surface area contributed by atoms with E-state index in [4.69, 9.17) is 0 Å². The summed E-state index contributed by atoms with van der Waals surface area (Å²) >= 11 is 0. The second-order valence-corrected chi connectivity index (χ2v) is 9.27. The summed E-state index contributed by atoms with van der Waals surface area (Å²) in [7, 11) is 0. The highest BCUT2D eigenvalue weighted by molar-refractivity contribution is 5.91. The average Bonchev–Trinajstić information content (AvgIpc) is 3.08. The van der Waals surface area contributed by atoms with Gasteiger partial charge in [0.1, 0.15) is 0 Å². The largest absolute Gasteiger partial charge is 0.416 e. The van der Waals surface area contributed by atoms with Crippen molar-refractivity contribution in [1.82, 2.24) is 9.88 Å². The Labute approximate surface area is 188 Å². The fraction of sp³-hybridized carbons (Fsp3) is 0.440. The number of rotatable bonds is 4. The molecule has 2 nitrogen and oxygen atoms in total. The van der Waals surface area contributed by atoms with E-state index in [1.165, 1.54) is 0 Å². The topological polar surface area (TPSA) is 19.0 Å². The Morgan fingerprint density at radius 3 is 2.03 bits per heavy atom. The average molecular weight is 468 g/mol. The zero-order valence-corrected chi connectivity index (χ0v) is 18.4. The van der Waals surface area contributed by atoms with Crippen LogP contribution in [0.25, 0.3) is 22.2 Å². The molecule has 0 aliphatic carbocycles. The maximum absolute atomic E-state index is 13.4. The van der Waals surface area contributed by atoms with Gasteiger partial charge in [-0.2, -0.15) is 26.3 Å². The highest BCUT2D eigenvalue weighted by Crippen LogP contribution is 2.40. The number of hydrogen-bond acceptors (Lipinski definition) is 1. The van der Waals surface area contributed by atoms with Gasteiger partial charge in [-0.3, -0.25) is 0 Å². The summed E-state index contributed by atoms with van der Waals surface area (Å²) in [5.41, 5.74) is -0.987. The van der Waals surface area contributed by atoms with E-state index in [0.29, 0.717) is 36.0 Å². The number of alkyl halides is 6. The van der Waals surface area contributed by atoms with Gasteiger partial charge in [-0.15, -0.1) is 0 Å². The number of H-pyrrole nitrogens is 1. The normalized spacial score (nSPS) is 20.5. The molecule has 0 radical (unpaired) electrons. The second kappa shape index (κ2) is 8.70. The molecule has 178 valence electrons. The predicted octanol–water partition coefficient (Wildman–Crippen LogP) is 7.39. The van der Waals surface area contributed by atoms with E-state index in [1.54, 1.807) is 12.1 Å². The van der Waals surface area contributed by atoms with Gasteiger partial charge < -0.3 is 9.88 Å². The summed E-state index contributed by atoms with van der Waals surface area (Å²) in [5, 5.41) is 0.816. The van der Waals surface area contributed by atoms with Crippen LogP contribution in [0.5, 0.6) is 0 Å². The number of aromatic amines is 1. The van der Waals surface area contributed by atoms with Gasteiger partial charge in [0.2, 0.25) is 0 Å². The lowest BCUT2D eigenvalue weighted by Gasteiger charge is -2.35. The summed E-state index contributed by atoms with van der Waals surface area (Å²) in [6, 6.07) is 9.01. The number of para-hydroxylation sites is 1. The Morgan fingerprint density at radius 2 is 1.45 bits per heavy atom. The number of likely N-dealkylation sites (tertiary alicyclic amines) is 1. The van der Waals surface area contributed by atoms with Crippen molar-refractivity contribution >= 4 is 10.9 Å². The molecule has 1 N–H and O–H groups in total. The third kappa shape index (κ3) is 5.21. The highest BCUT2D eigenvalue weighted by Gasteiger charge is 2.37. The minimum Gasteiger partial charge on any atom is -0.354 e. The smallest absolute Gasteiger partial charge is 0.354 e. The molecule has 2 aromatic carbocycles. The Morgan fingerprint density at radius 1 is 0.879 bits per heavy atom. The van der Waals surface area contributed by atoms with Crippen molar-refractivity contribution in [2.45, 2.75) is 39.0 Å². The molecule has 8 heteroatoms. The number of piperidine rings is 1. The van der Waals surface area contributed by atoms with Gasteiger partial charge in [-0.1, -0.05) is 32.0 Å². The van der Waals surface area contributed by atoms with Crippen LogP contribution in [-0.2, 0) is 18.8 Å². The molecule has 1 aliphatic rings. The molecule has 2 unspecified atom stereocenters. The highest BCUT2D eigenvalue weighted by atomic mass is 19.4. The van der Waals surface area contributed by atoms with Crippen LogP contribution in [0.4, 0.5) is 26.3 Å². The fourth-order valence-electron chi connectivity index (χ4n) is 5.05. The first-order valence-corrected chi connectivity index (χ1v) is 11.0. The van der Waals surface area contributed by atoms with Gasteiger partial charge >= 0.3 is 12.4 Å². The monoisotopic (exact) mass is 468 g/mol. The number of nitrogens with zero attached hydrogens (tertiary/aromatic N) is 1. The molecule has 1 aliphatic heterocycles. The Hall–Kier alpha value is -2.48. The van der Waals surface area contributed by atoms with Gasteiger partial charge in [-0.25, -0.2) is 0 Å². The van der Waals surface area contributed by atoms with Crippen molar-refractivity contribution in [3.05, 3.63) is 59.2 Å². The van der Waals surface area contributed by atoms with Crippen LogP contribution < -0.4 is 0 Å². The molecule has 33 heavy (non-hydrogen) atoms. The van der Waals surface area contributed by atoms with E-state index >= 15 is 0 Å². The van der Waals surface area contributed by atoms with Gasteiger partial charge in [0.05, 0.1) is 11.1 Å². The Kier molecular flexibility index (Phi) is 6.24. The molecule has 1 saturated heterocycles. The lowest BCUT2D eigenvalue weighted by molar-refractivity contribution is -0.143. The molecule has 0 spiro atoms. The third-order valence-electron chi connectivity index (χ3n) is 6.31. The molecular formula is C25H26F6N2. The minimum atomic E-state index is -4.89. The first kappa shape index (κ1) is 23.7. The fourth-order valence-corrected chi connectivity index (χ4v) is 5.05. The standard InChI is InChI=1S/C25H26F6N2/c1-15-9-16(2)14-33(13-15)8-7-21-20-5-3-4-6-22(20)32-23(21)17-10-18(24(26,27)28)12-19(11-17)25(29,30)31/h3-6,10-12,15-16,32H,7-9,13-14H2,1-2H3. The molecule has 0 amide bonds. The summed E-state index contributed by atoms with van der Waals surface area (Å²) in [6.07, 6.45) is -8.10. The predicted molar refractivity (Wildman–Crippen MR) is 117 cm³/mol. The molecule has 4 rings (SSSR count). The van der Waals surface area contributed by atoms with Crippen molar-refractivity contribution in [2.75, 3.05) is 19.6 Å². The zero-order valence-electron chi connectivity index (χ0n) is 18.4. The number of nitrogens with one attached hydrogen (secondary N) is 1. The summed E-state index contributed by atoms with van der Waals surface area (Å²) in [6.45, 7) is 6.95. The quantitative estimate of drug-likeness (QED) is 0.396. The van der Waals surface area contributed by atoms with Crippen molar-refractivity contribution in [1.29, 1.82) is 0 Å².